The molecule has 0 N–H and O–H groups in total. The molecular formula is C52H54O7. The summed E-state index contributed by atoms with van der Waals surface area (Å²) >= 11 is 0. The van der Waals surface area contributed by atoms with Crippen LogP contribution in [0.3, 0.4) is 0 Å². The van der Waals surface area contributed by atoms with Gasteiger partial charge >= 0.3 is 0 Å². The van der Waals surface area contributed by atoms with Crippen LogP contribution < -0.4 is 0 Å². The minimum absolute atomic E-state index is 0.0954. The van der Waals surface area contributed by atoms with E-state index in [2.05, 4.69) is 79.4 Å². The van der Waals surface area contributed by atoms with Crippen LogP contribution in [0, 0.1) is 0 Å². The monoisotopic (exact) mass is 790 g/mol. The lowest BCUT2D eigenvalue weighted by Gasteiger charge is -2.56. The summed E-state index contributed by atoms with van der Waals surface area (Å²) in [7, 11) is 0. The average Bonchev–Trinajstić information content (AvgIpc) is 3.30. The van der Waals surface area contributed by atoms with E-state index in [1.807, 2.05) is 109 Å². The Bertz CT molecular complexity index is 2050. The second-order valence-corrected chi connectivity index (χ2v) is 14.8. The molecule has 7 heteroatoms. The van der Waals surface area contributed by atoms with Crippen molar-refractivity contribution < 1.29 is 33.2 Å². The molecule has 1 aliphatic rings. The molecule has 6 aromatic carbocycles. The summed E-state index contributed by atoms with van der Waals surface area (Å²) in [6, 6.07) is 60.9. The second-order valence-electron chi connectivity index (χ2n) is 14.8. The molecular weight excluding hydrogens is 737 g/mol. The number of hydrogen-bond donors (Lipinski definition) is 0. The first-order chi connectivity index (χ1) is 29.2. The van der Waals surface area contributed by atoms with E-state index in [0.29, 0.717) is 19.8 Å². The smallest absolute Gasteiger partial charge is 0.149 e. The Morgan fingerprint density at radius 2 is 0.695 bits per heavy atom. The third-order valence-corrected chi connectivity index (χ3v) is 10.5. The fraction of sp³-hybridized carbons (Fsp3) is 0.269. The van der Waals surface area contributed by atoms with Crippen molar-refractivity contribution in [3.8, 4) is 0 Å². The van der Waals surface area contributed by atoms with E-state index in [1.54, 1.807) is 6.08 Å². The van der Waals surface area contributed by atoms with Crippen LogP contribution in [-0.4, -0.2) is 49.3 Å². The summed E-state index contributed by atoms with van der Waals surface area (Å²) in [4.78, 5) is 0. The van der Waals surface area contributed by atoms with Gasteiger partial charge in [-0.3, -0.25) is 0 Å². The molecule has 59 heavy (non-hydrogen) atoms. The number of hydrogen-bond acceptors (Lipinski definition) is 7. The fourth-order valence-corrected chi connectivity index (χ4v) is 7.57. The Labute approximate surface area is 349 Å². The van der Waals surface area contributed by atoms with E-state index in [4.69, 9.17) is 33.2 Å². The molecule has 0 bridgehead atoms. The molecule has 0 aromatic heterocycles. The maximum absolute atomic E-state index is 7.38. The lowest BCUT2D eigenvalue weighted by molar-refractivity contribution is -0.336. The van der Waals surface area contributed by atoms with E-state index < -0.39 is 36.1 Å². The van der Waals surface area contributed by atoms with Crippen molar-refractivity contribution in [2.75, 3.05) is 13.2 Å². The van der Waals surface area contributed by atoms with Gasteiger partial charge in [0.15, 0.2) is 0 Å². The van der Waals surface area contributed by atoms with Crippen molar-refractivity contribution in [1.29, 1.82) is 0 Å². The maximum Gasteiger partial charge on any atom is 0.149 e. The van der Waals surface area contributed by atoms with Gasteiger partial charge in [0.2, 0.25) is 0 Å². The Balaban J connectivity index is 1.38. The highest BCUT2D eigenvalue weighted by Gasteiger charge is 2.64. The largest absolute Gasteiger partial charge is 0.374 e. The third kappa shape index (κ3) is 11.7. The van der Waals surface area contributed by atoms with Crippen molar-refractivity contribution in [2.24, 2.45) is 0 Å². The third-order valence-electron chi connectivity index (χ3n) is 10.5. The molecule has 1 aliphatic carbocycles. The van der Waals surface area contributed by atoms with E-state index >= 15 is 0 Å². The van der Waals surface area contributed by atoms with Crippen molar-refractivity contribution in [1.82, 2.24) is 0 Å². The van der Waals surface area contributed by atoms with Crippen LogP contribution >= 0.6 is 0 Å². The van der Waals surface area contributed by atoms with Crippen molar-refractivity contribution in [2.45, 2.75) is 75.8 Å². The van der Waals surface area contributed by atoms with Gasteiger partial charge in [-0.05, 0) is 33.4 Å². The van der Waals surface area contributed by atoms with Crippen molar-refractivity contribution in [3.63, 3.8) is 0 Å². The van der Waals surface area contributed by atoms with Gasteiger partial charge in [0.05, 0.1) is 52.9 Å². The Kier molecular flexibility index (Phi) is 15.8. The van der Waals surface area contributed by atoms with E-state index in [-0.39, 0.29) is 33.0 Å². The molecule has 0 saturated heterocycles. The van der Waals surface area contributed by atoms with Crippen LogP contribution in [-0.2, 0) is 72.8 Å². The van der Waals surface area contributed by atoms with Gasteiger partial charge in [0.25, 0.3) is 0 Å². The van der Waals surface area contributed by atoms with Gasteiger partial charge < -0.3 is 33.2 Å². The number of rotatable bonds is 22. The van der Waals surface area contributed by atoms with Gasteiger partial charge in [-0.25, -0.2) is 0 Å². The van der Waals surface area contributed by atoms with Crippen molar-refractivity contribution in [3.05, 3.63) is 228 Å². The first-order valence-electron chi connectivity index (χ1n) is 20.4. The maximum atomic E-state index is 7.38. The number of benzene rings is 6. The Morgan fingerprint density at radius 1 is 0.373 bits per heavy atom. The zero-order chi connectivity index (χ0) is 40.4. The normalized spacial score (nSPS) is 21.5. The summed E-state index contributed by atoms with van der Waals surface area (Å²) in [5, 5.41) is 0. The summed E-state index contributed by atoms with van der Waals surface area (Å²) in [5.74, 6) is 0. The molecule has 1 saturated carbocycles. The molecule has 7 rings (SSSR count). The molecule has 304 valence electrons. The van der Waals surface area contributed by atoms with Gasteiger partial charge in [-0.1, -0.05) is 188 Å². The molecule has 7 nitrogen and oxygen atoms in total. The second kappa shape index (κ2) is 22.2. The van der Waals surface area contributed by atoms with Crippen LogP contribution in [0.15, 0.2) is 195 Å². The zero-order valence-corrected chi connectivity index (χ0v) is 33.5. The average molecular weight is 791 g/mol. The van der Waals surface area contributed by atoms with E-state index in [0.717, 1.165) is 33.4 Å². The first-order valence-corrected chi connectivity index (χ1v) is 20.4. The lowest BCUT2D eigenvalue weighted by Crippen LogP contribution is -2.75. The minimum atomic E-state index is -1.30. The minimum Gasteiger partial charge on any atom is -0.374 e. The molecule has 6 aromatic rings. The quantitative estimate of drug-likeness (QED) is 0.0635. The molecule has 0 spiro atoms. The molecule has 0 aliphatic heterocycles. The SMILES string of the molecule is C=CCO[C@@H]1[C@H](OCc2ccccc2)[C@@H](OCc2ccccc2)[C@H](OCc2ccccc2)[C@](COCc2ccccc2)(OCc2ccccc2)[C@H]1OCc1ccccc1. The van der Waals surface area contributed by atoms with Crippen LogP contribution in [0.2, 0.25) is 0 Å². The number of ether oxygens (including phenoxy) is 7. The van der Waals surface area contributed by atoms with Crippen LogP contribution in [0.5, 0.6) is 0 Å². The topological polar surface area (TPSA) is 64.6 Å². The highest BCUT2D eigenvalue weighted by atomic mass is 16.6. The molecule has 1 fully saturated rings. The first kappa shape index (κ1) is 41.9. The molecule has 0 radical (unpaired) electrons. The van der Waals surface area contributed by atoms with Crippen LogP contribution in [0.1, 0.15) is 33.4 Å². The Hall–Kier alpha value is -5.22. The Morgan fingerprint density at radius 3 is 1.08 bits per heavy atom. The van der Waals surface area contributed by atoms with Crippen LogP contribution in [0.25, 0.3) is 0 Å². The van der Waals surface area contributed by atoms with Gasteiger partial charge in [-0.2, -0.15) is 0 Å². The van der Waals surface area contributed by atoms with E-state index in [9.17, 15) is 0 Å². The highest BCUT2D eigenvalue weighted by molar-refractivity contribution is 5.21. The highest BCUT2D eigenvalue weighted by Crippen LogP contribution is 2.43. The summed E-state index contributed by atoms with van der Waals surface area (Å²) in [6.07, 6.45) is -1.92. The standard InChI is InChI=1S/C52H54O7/c1-2-33-54-48-47(55-35-42-23-11-4-12-24-42)49(56-36-43-25-13-5-14-26-43)51(58-38-45-29-17-7-18-30-45)52(59-39-46-31-19-8-20-32-46,40-53-34-41-21-9-3-10-22-41)50(48)57-37-44-27-15-6-16-28-44/h2-32,47-51H,1,33-40H2/t47-,48+,49+,50-,51-,52+/m0/s1. The summed E-state index contributed by atoms with van der Waals surface area (Å²) < 4.78 is 49.6. The van der Waals surface area contributed by atoms with Gasteiger partial charge in [0.1, 0.15) is 36.1 Å². The predicted octanol–water partition coefficient (Wildman–Crippen LogP) is 10.1. The molecule has 0 amide bonds. The zero-order valence-electron chi connectivity index (χ0n) is 33.5. The summed E-state index contributed by atoms with van der Waals surface area (Å²) in [6.45, 7) is 6.12. The molecule has 0 heterocycles. The van der Waals surface area contributed by atoms with Crippen molar-refractivity contribution >= 4 is 0 Å². The fourth-order valence-electron chi connectivity index (χ4n) is 7.57. The molecule has 0 unspecified atom stereocenters. The summed E-state index contributed by atoms with van der Waals surface area (Å²) in [5.41, 5.74) is 4.76. The van der Waals surface area contributed by atoms with Gasteiger partial charge in [0, 0.05) is 0 Å². The van der Waals surface area contributed by atoms with Crippen LogP contribution in [0.4, 0.5) is 0 Å². The predicted molar refractivity (Wildman–Crippen MR) is 230 cm³/mol. The molecule has 6 atom stereocenters. The van der Waals surface area contributed by atoms with Gasteiger partial charge in [-0.15, -0.1) is 6.58 Å². The lowest BCUT2D eigenvalue weighted by atomic mass is 9.73. The van der Waals surface area contributed by atoms with E-state index in [1.165, 1.54) is 0 Å².